The van der Waals surface area contributed by atoms with E-state index in [-0.39, 0.29) is 23.8 Å². The van der Waals surface area contributed by atoms with E-state index in [0.29, 0.717) is 18.7 Å². The summed E-state index contributed by atoms with van der Waals surface area (Å²) in [4.78, 5) is 32.9. The van der Waals surface area contributed by atoms with Gasteiger partial charge in [0.25, 0.3) is 0 Å². The minimum absolute atomic E-state index is 0.0370. The van der Waals surface area contributed by atoms with Crippen molar-refractivity contribution in [1.29, 1.82) is 0 Å². The van der Waals surface area contributed by atoms with Crippen molar-refractivity contribution < 1.29 is 9.59 Å². The molecule has 2 amide bonds. The molecule has 3 atom stereocenters. The highest BCUT2D eigenvalue weighted by atomic mass is 16.2. The monoisotopic (exact) mass is 469 g/mol. The number of fused-ring (bicyclic) bond motifs is 1. The van der Waals surface area contributed by atoms with Crippen molar-refractivity contribution in [2.45, 2.75) is 140 Å². The fraction of sp³-hybridized carbons (Fsp3) is 0.893. The molecule has 3 fully saturated rings. The van der Waals surface area contributed by atoms with Gasteiger partial charge in [0.2, 0.25) is 11.8 Å². The SMILES string of the molecule is CC1CN(C(=O)CCC2=NC3CCCCCCCC3C(=O)N2)CCB1C1CCCCCCCC1. The highest BCUT2D eigenvalue weighted by molar-refractivity contribution is 6.62. The summed E-state index contributed by atoms with van der Waals surface area (Å²) in [7, 11) is 0. The van der Waals surface area contributed by atoms with Gasteiger partial charge in [0.05, 0.1) is 12.0 Å². The molecule has 1 N–H and O–H groups in total. The summed E-state index contributed by atoms with van der Waals surface area (Å²) in [5, 5.41) is 3.06. The number of carbonyl (C=O) groups is 2. The van der Waals surface area contributed by atoms with Crippen LogP contribution < -0.4 is 5.32 Å². The van der Waals surface area contributed by atoms with Crippen LogP contribution in [-0.4, -0.2) is 48.4 Å². The lowest BCUT2D eigenvalue weighted by Gasteiger charge is -2.39. The third kappa shape index (κ3) is 7.10. The van der Waals surface area contributed by atoms with Crippen molar-refractivity contribution in [2.24, 2.45) is 10.9 Å². The van der Waals surface area contributed by atoms with Gasteiger partial charge in [0.15, 0.2) is 0 Å². The predicted octanol–water partition coefficient (Wildman–Crippen LogP) is 6.26. The molecule has 0 bridgehead atoms. The Balaban J connectivity index is 1.26. The van der Waals surface area contributed by atoms with Gasteiger partial charge >= 0.3 is 0 Å². The van der Waals surface area contributed by atoms with E-state index in [0.717, 1.165) is 57.1 Å². The average molecular weight is 470 g/mol. The van der Waals surface area contributed by atoms with Gasteiger partial charge in [-0.3, -0.25) is 14.6 Å². The first-order valence-corrected chi connectivity index (χ1v) is 14.8. The molecule has 4 aliphatic rings. The highest BCUT2D eigenvalue weighted by Crippen LogP contribution is 2.38. The van der Waals surface area contributed by atoms with Crippen LogP contribution in [0.5, 0.6) is 0 Å². The summed E-state index contributed by atoms with van der Waals surface area (Å²) < 4.78 is 0. The minimum Gasteiger partial charge on any atom is -0.344 e. The second kappa shape index (κ2) is 13.1. The lowest BCUT2D eigenvalue weighted by molar-refractivity contribution is -0.131. The van der Waals surface area contributed by atoms with Gasteiger partial charge in [-0.15, -0.1) is 0 Å². The lowest BCUT2D eigenvalue weighted by atomic mass is 9.30. The average Bonchev–Trinajstić information content (AvgIpc) is 3.04. The van der Waals surface area contributed by atoms with Crippen LogP contribution in [0.25, 0.3) is 0 Å². The molecular formula is C28H48BN3O2. The van der Waals surface area contributed by atoms with Crippen LogP contribution in [0.15, 0.2) is 4.99 Å². The number of carbonyl (C=O) groups excluding carboxylic acids is 2. The zero-order chi connectivity index (χ0) is 23.8. The highest BCUT2D eigenvalue weighted by Gasteiger charge is 2.37. The molecule has 0 aromatic heterocycles. The van der Waals surface area contributed by atoms with Crippen molar-refractivity contribution in [3.8, 4) is 0 Å². The Hall–Kier alpha value is -1.33. The predicted molar refractivity (Wildman–Crippen MR) is 142 cm³/mol. The van der Waals surface area contributed by atoms with Crippen LogP contribution in [0, 0.1) is 5.92 Å². The molecule has 2 saturated carbocycles. The van der Waals surface area contributed by atoms with Crippen molar-refractivity contribution in [2.75, 3.05) is 13.1 Å². The maximum atomic E-state index is 13.1. The number of amidine groups is 1. The number of hydrogen-bond donors (Lipinski definition) is 1. The first kappa shape index (κ1) is 25.8. The Morgan fingerprint density at radius 1 is 0.941 bits per heavy atom. The van der Waals surface area contributed by atoms with E-state index in [4.69, 9.17) is 4.99 Å². The molecule has 2 aliphatic carbocycles. The van der Waals surface area contributed by atoms with Gasteiger partial charge in [-0.25, -0.2) is 0 Å². The van der Waals surface area contributed by atoms with Crippen molar-refractivity contribution >= 4 is 24.4 Å². The third-order valence-corrected chi connectivity index (χ3v) is 9.31. The van der Waals surface area contributed by atoms with E-state index in [2.05, 4.69) is 17.1 Å². The fourth-order valence-electron chi connectivity index (χ4n) is 7.26. The van der Waals surface area contributed by atoms with Gasteiger partial charge in [0, 0.05) is 25.9 Å². The number of nitrogens with one attached hydrogen (secondary N) is 1. The molecule has 2 aliphatic heterocycles. The Morgan fingerprint density at radius 3 is 2.24 bits per heavy atom. The van der Waals surface area contributed by atoms with Crippen molar-refractivity contribution in [3.05, 3.63) is 0 Å². The van der Waals surface area contributed by atoms with Crippen molar-refractivity contribution in [3.63, 3.8) is 0 Å². The smallest absolute Gasteiger partial charge is 0.230 e. The molecule has 3 unspecified atom stereocenters. The van der Waals surface area contributed by atoms with E-state index >= 15 is 0 Å². The molecule has 0 spiro atoms. The summed E-state index contributed by atoms with van der Waals surface area (Å²) in [5.41, 5.74) is 0. The quantitative estimate of drug-likeness (QED) is 0.494. The van der Waals surface area contributed by atoms with Gasteiger partial charge in [-0.1, -0.05) is 103 Å². The van der Waals surface area contributed by atoms with Gasteiger partial charge < -0.3 is 10.2 Å². The largest absolute Gasteiger partial charge is 0.344 e. The van der Waals surface area contributed by atoms with Crippen LogP contribution in [0.1, 0.15) is 116 Å². The van der Waals surface area contributed by atoms with Crippen molar-refractivity contribution in [1.82, 2.24) is 10.2 Å². The molecule has 190 valence electrons. The Morgan fingerprint density at radius 2 is 1.56 bits per heavy atom. The first-order valence-electron chi connectivity index (χ1n) is 14.8. The zero-order valence-electron chi connectivity index (χ0n) is 21.7. The summed E-state index contributed by atoms with van der Waals surface area (Å²) in [5.74, 6) is 2.64. The fourth-order valence-corrected chi connectivity index (χ4v) is 7.26. The van der Waals surface area contributed by atoms with Crippen LogP contribution >= 0.6 is 0 Å². The normalized spacial score (nSPS) is 30.4. The molecular weight excluding hydrogens is 421 g/mol. The van der Waals surface area contributed by atoms with E-state index in [9.17, 15) is 9.59 Å². The maximum absolute atomic E-state index is 13.1. The Labute approximate surface area is 208 Å². The second-order valence-corrected chi connectivity index (χ2v) is 11.8. The molecule has 0 radical (unpaired) electrons. The topological polar surface area (TPSA) is 61.8 Å². The number of rotatable bonds is 4. The molecule has 6 heteroatoms. The first-order chi connectivity index (χ1) is 16.6. The zero-order valence-corrected chi connectivity index (χ0v) is 21.7. The van der Waals surface area contributed by atoms with E-state index in [1.54, 1.807) is 0 Å². The van der Waals surface area contributed by atoms with E-state index in [1.807, 2.05) is 0 Å². The summed E-state index contributed by atoms with van der Waals surface area (Å²) in [6.07, 6.45) is 21.5. The molecule has 1 saturated heterocycles. The van der Waals surface area contributed by atoms with Crippen LogP contribution in [0.4, 0.5) is 0 Å². The standard InChI is InChI=1S/C28H48BN3O2/c1-22-21-32(20-19-29(22)23-13-9-5-2-3-6-10-14-23)27(33)18-17-26-30-25-16-12-8-4-7-11-15-24(25)28(34)31-26/h22-25H,2-21H2,1H3,(H,30,31,34). The number of nitrogens with zero attached hydrogens (tertiary/aromatic N) is 2. The van der Waals surface area contributed by atoms with Crippen LogP contribution in [0.2, 0.25) is 18.0 Å². The Bertz CT molecular complexity index is 702. The minimum atomic E-state index is 0.0370. The maximum Gasteiger partial charge on any atom is 0.230 e. The molecule has 2 heterocycles. The third-order valence-electron chi connectivity index (χ3n) is 9.31. The summed E-state index contributed by atoms with van der Waals surface area (Å²) in [6, 6.07) is 0.126. The van der Waals surface area contributed by atoms with Gasteiger partial charge in [0.1, 0.15) is 12.5 Å². The molecule has 0 aromatic rings. The summed E-state index contributed by atoms with van der Waals surface area (Å²) >= 11 is 0. The molecule has 0 aromatic carbocycles. The van der Waals surface area contributed by atoms with E-state index < -0.39 is 0 Å². The van der Waals surface area contributed by atoms with E-state index in [1.165, 1.54) is 76.9 Å². The molecule has 5 nitrogen and oxygen atoms in total. The second-order valence-electron chi connectivity index (χ2n) is 11.8. The van der Waals surface area contributed by atoms with Gasteiger partial charge in [-0.05, 0) is 18.7 Å². The van der Waals surface area contributed by atoms with Crippen LogP contribution in [0.3, 0.4) is 0 Å². The summed E-state index contributed by atoms with van der Waals surface area (Å²) in [6.45, 7) is 4.97. The number of hydrogen-bond acceptors (Lipinski definition) is 3. The Kier molecular flexibility index (Phi) is 9.93. The van der Waals surface area contributed by atoms with Crippen LogP contribution in [-0.2, 0) is 9.59 Å². The van der Waals surface area contributed by atoms with Gasteiger partial charge in [-0.2, -0.15) is 0 Å². The lowest BCUT2D eigenvalue weighted by Crippen LogP contribution is -2.47. The molecule has 34 heavy (non-hydrogen) atoms. The molecule has 4 rings (SSSR count). The number of amides is 2. The number of aliphatic imine (C=N–C) groups is 1.